The number of nitrogens with zero attached hydrogens (tertiary/aromatic N) is 2. The topological polar surface area (TPSA) is 25.8 Å². The molecule has 0 atom stereocenters. The Morgan fingerprint density at radius 2 is 1.79 bits per heavy atom. The first-order valence-electron chi connectivity index (χ1n) is 4.90. The van der Waals surface area contributed by atoms with Gasteiger partial charge in [-0.3, -0.25) is 0 Å². The Hall–Kier alpha value is -1.34. The first-order chi connectivity index (χ1) is 8.86. The van der Waals surface area contributed by atoms with Crippen molar-refractivity contribution in [3.63, 3.8) is 0 Å². The van der Waals surface area contributed by atoms with E-state index in [0.717, 1.165) is 17.8 Å². The van der Waals surface area contributed by atoms with E-state index in [2.05, 4.69) is 9.97 Å². The Labute approximate surface area is 114 Å². The molecule has 0 aliphatic carbocycles. The zero-order chi connectivity index (χ0) is 14.0. The van der Waals surface area contributed by atoms with Crippen molar-refractivity contribution >= 4 is 23.4 Å². The van der Waals surface area contributed by atoms with Gasteiger partial charge >= 0.3 is 6.18 Å². The molecule has 8 heteroatoms. The summed E-state index contributed by atoms with van der Waals surface area (Å²) >= 11 is 6.25. The summed E-state index contributed by atoms with van der Waals surface area (Å²) in [4.78, 5) is 6.57. The van der Waals surface area contributed by atoms with Gasteiger partial charge < -0.3 is 0 Å². The van der Waals surface area contributed by atoms with Crippen LogP contribution in [0.15, 0.2) is 40.3 Å². The van der Waals surface area contributed by atoms with E-state index in [1.807, 2.05) is 0 Å². The minimum Gasteiger partial charge on any atom is -0.217 e. The lowest BCUT2D eigenvalue weighted by Crippen LogP contribution is -2.11. The fourth-order valence-electron chi connectivity index (χ4n) is 1.22. The van der Waals surface area contributed by atoms with E-state index in [1.54, 1.807) is 6.07 Å². The van der Waals surface area contributed by atoms with Crippen LogP contribution in [0.5, 0.6) is 0 Å². The summed E-state index contributed by atoms with van der Waals surface area (Å²) in [5, 5.41) is -0.418. The van der Waals surface area contributed by atoms with Crippen LogP contribution in [-0.4, -0.2) is 9.97 Å². The molecule has 2 nitrogen and oxygen atoms in total. The largest absolute Gasteiger partial charge is 0.451 e. The summed E-state index contributed by atoms with van der Waals surface area (Å²) in [5.74, 6) is -1.89. The Bertz CT molecular complexity index is 603. The second-order valence-corrected chi connectivity index (χ2v) is 4.83. The van der Waals surface area contributed by atoms with E-state index in [-0.39, 0.29) is 15.1 Å². The average molecular weight is 309 g/mol. The summed E-state index contributed by atoms with van der Waals surface area (Å²) in [5.41, 5.74) is 0. The maximum atomic E-state index is 13.4. The number of alkyl halides is 3. The van der Waals surface area contributed by atoms with Crippen molar-refractivity contribution in [3.05, 3.63) is 47.1 Å². The molecule has 2 aromatic rings. The summed E-state index contributed by atoms with van der Waals surface area (Å²) in [6.45, 7) is 0. The molecule has 1 heterocycles. The SMILES string of the molecule is Fc1ccccc1Sc1cc(Cl)nc(C(F)(F)F)n1. The number of aromatic nitrogens is 2. The summed E-state index contributed by atoms with van der Waals surface area (Å²) in [6.07, 6.45) is -4.70. The molecule has 0 saturated carbocycles. The monoisotopic (exact) mass is 308 g/mol. The highest BCUT2D eigenvalue weighted by molar-refractivity contribution is 7.99. The molecule has 0 fully saturated rings. The van der Waals surface area contributed by atoms with E-state index < -0.39 is 17.8 Å². The van der Waals surface area contributed by atoms with Crippen molar-refractivity contribution in [3.8, 4) is 0 Å². The fraction of sp³-hybridized carbons (Fsp3) is 0.0909. The van der Waals surface area contributed by atoms with Crippen LogP contribution < -0.4 is 0 Å². The van der Waals surface area contributed by atoms with Crippen molar-refractivity contribution in [2.45, 2.75) is 16.1 Å². The highest BCUT2D eigenvalue weighted by Gasteiger charge is 2.35. The van der Waals surface area contributed by atoms with Gasteiger partial charge in [-0.2, -0.15) is 13.2 Å². The van der Waals surface area contributed by atoms with Crippen LogP contribution in [0.3, 0.4) is 0 Å². The van der Waals surface area contributed by atoms with Gasteiger partial charge in [-0.05, 0) is 12.1 Å². The van der Waals surface area contributed by atoms with Gasteiger partial charge in [0.2, 0.25) is 5.82 Å². The molecule has 0 amide bonds. The number of benzene rings is 1. The van der Waals surface area contributed by atoms with E-state index in [1.165, 1.54) is 18.2 Å². The molecule has 100 valence electrons. The van der Waals surface area contributed by atoms with E-state index in [4.69, 9.17) is 11.6 Å². The van der Waals surface area contributed by atoms with Crippen LogP contribution in [0.4, 0.5) is 17.6 Å². The van der Waals surface area contributed by atoms with Crippen LogP contribution in [0.1, 0.15) is 5.82 Å². The minimum atomic E-state index is -4.70. The quantitative estimate of drug-likeness (QED) is 0.606. The van der Waals surface area contributed by atoms with Crippen molar-refractivity contribution in [1.82, 2.24) is 9.97 Å². The standard InChI is InChI=1S/C11H5ClF4N2S/c12-8-5-9(18-10(17-8)11(14,15)16)19-7-4-2-1-3-6(7)13/h1-5H. The van der Waals surface area contributed by atoms with Gasteiger partial charge in [-0.1, -0.05) is 35.5 Å². The van der Waals surface area contributed by atoms with Crippen molar-refractivity contribution < 1.29 is 17.6 Å². The Balaban J connectivity index is 2.36. The molecule has 1 aromatic heterocycles. The smallest absolute Gasteiger partial charge is 0.217 e. The summed E-state index contributed by atoms with van der Waals surface area (Å²) in [6, 6.07) is 6.83. The highest BCUT2D eigenvalue weighted by Crippen LogP contribution is 2.33. The lowest BCUT2D eigenvalue weighted by Gasteiger charge is -2.07. The lowest BCUT2D eigenvalue weighted by molar-refractivity contribution is -0.145. The molecule has 0 spiro atoms. The van der Waals surface area contributed by atoms with Crippen molar-refractivity contribution in [1.29, 1.82) is 0 Å². The normalized spacial score (nSPS) is 11.6. The maximum absolute atomic E-state index is 13.4. The predicted octanol–water partition coefficient (Wildman–Crippen LogP) is 4.44. The van der Waals surface area contributed by atoms with Gasteiger partial charge in [0, 0.05) is 11.0 Å². The molecule has 0 saturated heterocycles. The molecular formula is C11H5ClF4N2S. The zero-order valence-electron chi connectivity index (χ0n) is 9.08. The van der Waals surface area contributed by atoms with Crippen LogP contribution in [0.25, 0.3) is 0 Å². The number of rotatable bonds is 2. The van der Waals surface area contributed by atoms with Gasteiger partial charge in [-0.25, -0.2) is 14.4 Å². The van der Waals surface area contributed by atoms with Crippen LogP contribution in [-0.2, 0) is 6.18 Å². The molecular weight excluding hydrogens is 304 g/mol. The Morgan fingerprint density at radius 1 is 1.11 bits per heavy atom. The van der Waals surface area contributed by atoms with E-state index in [0.29, 0.717) is 0 Å². The lowest BCUT2D eigenvalue weighted by atomic mass is 10.3. The zero-order valence-corrected chi connectivity index (χ0v) is 10.7. The molecule has 0 radical (unpaired) electrons. The summed E-state index contributed by atoms with van der Waals surface area (Å²) < 4.78 is 50.9. The Kier molecular flexibility index (Phi) is 3.96. The minimum absolute atomic E-state index is 0.0718. The van der Waals surface area contributed by atoms with Gasteiger partial charge in [0.1, 0.15) is 16.0 Å². The first-order valence-corrected chi connectivity index (χ1v) is 6.10. The highest BCUT2D eigenvalue weighted by atomic mass is 35.5. The molecule has 19 heavy (non-hydrogen) atoms. The third-order valence-electron chi connectivity index (χ3n) is 1.98. The molecule has 0 bridgehead atoms. The maximum Gasteiger partial charge on any atom is 0.451 e. The third-order valence-corrected chi connectivity index (χ3v) is 3.14. The second-order valence-electron chi connectivity index (χ2n) is 3.38. The second kappa shape index (κ2) is 5.34. The van der Waals surface area contributed by atoms with Gasteiger partial charge in [0.25, 0.3) is 0 Å². The molecule has 0 aliphatic rings. The Morgan fingerprint density at radius 3 is 2.42 bits per heavy atom. The molecule has 0 unspecified atom stereocenters. The van der Waals surface area contributed by atoms with E-state index >= 15 is 0 Å². The van der Waals surface area contributed by atoms with Gasteiger partial charge in [0.15, 0.2) is 0 Å². The van der Waals surface area contributed by atoms with Gasteiger partial charge in [0.05, 0.1) is 0 Å². The molecule has 1 aromatic carbocycles. The molecule has 0 aliphatic heterocycles. The number of halogens is 5. The molecule has 0 N–H and O–H groups in total. The average Bonchev–Trinajstić information content (AvgIpc) is 2.30. The van der Waals surface area contributed by atoms with Crippen LogP contribution in [0.2, 0.25) is 5.15 Å². The van der Waals surface area contributed by atoms with Gasteiger partial charge in [-0.15, -0.1) is 0 Å². The third kappa shape index (κ3) is 3.57. The van der Waals surface area contributed by atoms with Crippen molar-refractivity contribution in [2.24, 2.45) is 0 Å². The summed E-state index contributed by atoms with van der Waals surface area (Å²) in [7, 11) is 0. The molecule has 2 rings (SSSR count). The van der Waals surface area contributed by atoms with Crippen LogP contribution in [0, 0.1) is 5.82 Å². The predicted molar refractivity (Wildman–Crippen MR) is 62.6 cm³/mol. The van der Waals surface area contributed by atoms with Crippen molar-refractivity contribution in [2.75, 3.05) is 0 Å². The number of hydrogen-bond donors (Lipinski definition) is 0. The fourth-order valence-corrected chi connectivity index (χ4v) is 2.30. The van der Waals surface area contributed by atoms with E-state index in [9.17, 15) is 17.6 Å². The van der Waals surface area contributed by atoms with Crippen LogP contribution >= 0.6 is 23.4 Å². The number of hydrogen-bond acceptors (Lipinski definition) is 3. The first kappa shape index (κ1) is 14.1.